The van der Waals surface area contributed by atoms with Crippen molar-refractivity contribution in [2.24, 2.45) is 5.41 Å². The Kier molecular flexibility index (Phi) is 3.38. The summed E-state index contributed by atoms with van der Waals surface area (Å²) in [6.07, 6.45) is 2.00. The minimum absolute atomic E-state index is 0.236. The lowest BCUT2D eigenvalue weighted by atomic mass is 10.0. The van der Waals surface area contributed by atoms with Gasteiger partial charge in [0.15, 0.2) is 0 Å². The second kappa shape index (κ2) is 5.45. The van der Waals surface area contributed by atoms with E-state index in [1.54, 1.807) is 0 Å². The molecule has 1 unspecified atom stereocenters. The Bertz CT molecular complexity index is 873. The van der Waals surface area contributed by atoms with Crippen LogP contribution in [0.4, 0.5) is 0 Å². The zero-order valence-electron chi connectivity index (χ0n) is 14.1. The Morgan fingerprint density at radius 1 is 1.04 bits per heavy atom. The molecule has 1 atom stereocenters. The number of rotatable bonds is 4. The van der Waals surface area contributed by atoms with Gasteiger partial charge in [-0.15, -0.1) is 5.10 Å². The van der Waals surface area contributed by atoms with Crippen LogP contribution in [0.3, 0.4) is 0 Å². The van der Waals surface area contributed by atoms with E-state index in [1.165, 1.54) is 16.7 Å². The van der Waals surface area contributed by atoms with Crippen LogP contribution in [0.25, 0.3) is 11.3 Å². The molecule has 2 aromatic carbocycles. The van der Waals surface area contributed by atoms with Crippen LogP contribution >= 0.6 is 0 Å². The molecule has 4 rings (SSSR count). The summed E-state index contributed by atoms with van der Waals surface area (Å²) in [6, 6.07) is 18.9. The van der Waals surface area contributed by atoms with Crippen molar-refractivity contribution in [1.82, 2.24) is 15.0 Å². The third-order valence-electron chi connectivity index (χ3n) is 5.08. The Morgan fingerprint density at radius 2 is 1.71 bits per heavy atom. The lowest BCUT2D eigenvalue weighted by Crippen LogP contribution is -1.99. The average Bonchev–Trinajstić information content (AvgIpc) is 2.91. The molecular weight excluding hydrogens is 294 g/mol. The SMILES string of the molecule is C=C1C(c2ccc(-c3cn(Cc4ccccc4)nn3)cc2)C1(C)C. The number of nitrogens with zero attached hydrogens (tertiary/aromatic N) is 3. The number of benzene rings is 2. The molecule has 24 heavy (non-hydrogen) atoms. The van der Waals surface area contributed by atoms with Crippen LogP contribution in [0.2, 0.25) is 0 Å². The Balaban J connectivity index is 1.52. The van der Waals surface area contributed by atoms with E-state index in [0.717, 1.165) is 17.8 Å². The molecule has 0 spiro atoms. The van der Waals surface area contributed by atoms with Crippen molar-refractivity contribution in [1.29, 1.82) is 0 Å². The average molecular weight is 315 g/mol. The summed E-state index contributed by atoms with van der Waals surface area (Å²) in [7, 11) is 0. The van der Waals surface area contributed by atoms with E-state index in [9.17, 15) is 0 Å². The normalized spacial score (nSPS) is 18.6. The molecule has 3 nitrogen and oxygen atoms in total. The first-order chi connectivity index (χ1) is 11.6. The lowest BCUT2D eigenvalue weighted by Gasteiger charge is -2.03. The van der Waals surface area contributed by atoms with Crippen LogP contribution in [0.15, 0.2) is 72.9 Å². The Morgan fingerprint density at radius 3 is 2.33 bits per heavy atom. The van der Waals surface area contributed by atoms with Gasteiger partial charge >= 0.3 is 0 Å². The number of allylic oxidation sites excluding steroid dienone is 1. The van der Waals surface area contributed by atoms with Gasteiger partial charge < -0.3 is 0 Å². The van der Waals surface area contributed by atoms with E-state index >= 15 is 0 Å². The fourth-order valence-electron chi connectivity index (χ4n) is 3.38. The first-order valence-electron chi connectivity index (χ1n) is 8.29. The van der Waals surface area contributed by atoms with Crippen molar-refractivity contribution in [2.45, 2.75) is 26.3 Å². The third kappa shape index (κ3) is 2.56. The molecule has 3 heteroatoms. The number of aromatic nitrogens is 3. The maximum atomic E-state index is 4.31. The van der Waals surface area contributed by atoms with Crippen molar-refractivity contribution < 1.29 is 0 Å². The highest BCUT2D eigenvalue weighted by Gasteiger charge is 2.51. The highest BCUT2D eigenvalue weighted by atomic mass is 15.4. The highest BCUT2D eigenvalue weighted by molar-refractivity contribution is 5.60. The van der Waals surface area contributed by atoms with Crippen LogP contribution in [0, 0.1) is 5.41 Å². The van der Waals surface area contributed by atoms with Gasteiger partial charge in [-0.3, -0.25) is 0 Å². The molecule has 0 bridgehead atoms. The molecule has 3 aromatic rings. The van der Waals surface area contributed by atoms with E-state index in [-0.39, 0.29) is 5.41 Å². The molecule has 1 aromatic heterocycles. The molecule has 0 saturated heterocycles. The van der Waals surface area contributed by atoms with Crippen LogP contribution < -0.4 is 0 Å². The van der Waals surface area contributed by atoms with Gasteiger partial charge in [-0.25, -0.2) is 4.68 Å². The number of hydrogen-bond acceptors (Lipinski definition) is 2. The lowest BCUT2D eigenvalue weighted by molar-refractivity contribution is 0.642. The smallest absolute Gasteiger partial charge is 0.113 e. The second-order valence-electron chi connectivity index (χ2n) is 7.09. The van der Waals surface area contributed by atoms with Crippen molar-refractivity contribution >= 4 is 0 Å². The van der Waals surface area contributed by atoms with Gasteiger partial charge in [-0.2, -0.15) is 0 Å². The summed E-state index contributed by atoms with van der Waals surface area (Å²) < 4.78 is 1.88. The van der Waals surface area contributed by atoms with Crippen molar-refractivity contribution in [3.05, 3.63) is 84.1 Å². The van der Waals surface area contributed by atoms with E-state index in [0.29, 0.717) is 5.92 Å². The molecule has 0 aliphatic heterocycles. The van der Waals surface area contributed by atoms with Gasteiger partial charge in [0.05, 0.1) is 12.7 Å². The number of hydrogen-bond donors (Lipinski definition) is 0. The molecule has 0 N–H and O–H groups in total. The molecule has 0 amide bonds. The predicted octanol–water partition coefficient (Wildman–Crippen LogP) is 4.67. The van der Waals surface area contributed by atoms with E-state index < -0.39 is 0 Å². The Hall–Kier alpha value is -2.68. The van der Waals surface area contributed by atoms with Crippen molar-refractivity contribution in [3.8, 4) is 11.3 Å². The van der Waals surface area contributed by atoms with Gasteiger partial charge in [0.2, 0.25) is 0 Å². The van der Waals surface area contributed by atoms with Crippen molar-refractivity contribution in [2.75, 3.05) is 0 Å². The summed E-state index contributed by atoms with van der Waals surface area (Å²) in [4.78, 5) is 0. The molecule has 1 saturated carbocycles. The second-order valence-corrected chi connectivity index (χ2v) is 7.09. The molecule has 1 aliphatic rings. The molecule has 0 radical (unpaired) electrons. The minimum Gasteiger partial charge on any atom is -0.247 e. The minimum atomic E-state index is 0.236. The van der Waals surface area contributed by atoms with E-state index in [4.69, 9.17) is 0 Å². The fourth-order valence-corrected chi connectivity index (χ4v) is 3.38. The van der Waals surface area contributed by atoms with Crippen molar-refractivity contribution in [3.63, 3.8) is 0 Å². The monoisotopic (exact) mass is 315 g/mol. The maximum Gasteiger partial charge on any atom is 0.113 e. The standard InChI is InChI=1S/C21H21N3/c1-15-20(21(15,2)3)18-11-9-17(10-12-18)19-14-24(23-22-19)13-16-7-5-4-6-8-16/h4-12,14,20H,1,13H2,2-3H3. The summed E-state index contributed by atoms with van der Waals surface area (Å²) >= 11 is 0. The van der Waals surface area contributed by atoms with Crippen LogP contribution in [0.1, 0.15) is 30.9 Å². The molecule has 1 fully saturated rings. The summed E-state index contributed by atoms with van der Waals surface area (Å²) in [5.41, 5.74) is 6.13. The fraction of sp³-hybridized carbons (Fsp3) is 0.238. The van der Waals surface area contributed by atoms with Gasteiger partial charge in [0, 0.05) is 11.5 Å². The summed E-state index contributed by atoms with van der Waals surface area (Å²) in [6.45, 7) is 9.42. The molecule has 1 aliphatic carbocycles. The molecule has 120 valence electrons. The largest absolute Gasteiger partial charge is 0.247 e. The van der Waals surface area contributed by atoms with Crippen LogP contribution in [-0.4, -0.2) is 15.0 Å². The zero-order chi connectivity index (χ0) is 16.7. The first kappa shape index (κ1) is 14.9. The quantitative estimate of drug-likeness (QED) is 0.655. The van der Waals surface area contributed by atoms with Gasteiger partial charge in [-0.1, -0.05) is 85.8 Å². The highest BCUT2D eigenvalue weighted by Crippen LogP contribution is 2.63. The topological polar surface area (TPSA) is 30.7 Å². The summed E-state index contributed by atoms with van der Waals surface area (Å²) in [5, 5.41) is 8.56. The molecular formula is C21H21N3. The predicted molar refractivity (Wildman–Crippen MR) is 96.7 cm³/mol. The van der Waals surface area contributed by atoms with Crippen LogP contribution in [0.5, 0.6) is 0 Å². The van der Waals surface area contributed by atoms with Gasteiger partial charge in [-0.05, 0) is 16.5 Å². The van der Waals surface area contributed by atoms with Gasteiger partial charge in [0.25, 0.3) is 0 Å². The van der Waals surface area contributed by atoms with Crippen LogP contribution in [-0.2, 0) is 6.54 Å². The zero-order valence-corrected chi connectivity index (χ0v) is 14.1. The van der Waals surface area contributed by atoms with E-state index in [2.05, 4.69) is 67.1 Å². The third-order valence-corrected chi connectivity index (χ3v) is 5.08. The molecule has 1 heterocycles. The first-order valence-corrected chi connectivity index (χ1v) is 8.29. The van der Waals surface area contributed by atoms with E-state index in [1.807, 2.05) is 29.1 Å². The summed E-state index contributed by atoms with van der Waals surface area (Å²) in [5.74, 6) is 0.486. The maximum absolute atomic E-state index is 4.31. The van der Waals surface area contributed by atoms with Gasteiger partial charge in [0.1, 0.15) is 5.69 Å². The Labute approximate surface area is 142 Å².